The Hall–Kier alpha value is -0.340. The molecule has 0 bridgehead atoms. The van der Waals surface area contributed by atoms with Crippen LogP contribution in [0.25, 0.3) is 0 Å². The van der Waals surface area contributed by atoms with Crippen LogP contribution >= 0.6 is 22.6 Å². The molecule has 1 unspecified atom stereocenters. The highest BCUT2D eigenvalue weighted by Crippen LogP contribution is 2.27. The summed E-state index contributed by atoms with van der Waals surface area (Å²) in [7, 11) is 0. The van der Waals surface area contributed by atoms with Gasteiger partial charge in [0.05, 0.1) is 4.90 Å². The SMILES string of the molecule is O=Nc1c(I)cccc1S(=O)O. The van der Waals surface area contributed by atoms with Crippen LogP contribution in [0.5, 0.6) is 0 Å². The largest absolute Gasteiger partial charge is 0.302 e. The summed E-state index contributed by atoms with van der Waals surface area (Å²) in [5.41, 5.74) is 0.0407. The molecule has 64 valence electrons. The van der Waals surface area contributed by atoms with Crippen molar-refractivity contribution in [2.24, 2.45) is 5.18 Å². The van der Waals surface area contributed by atoms with Gasteiger partial charge in [0.15, 0.2) is 11.1 Å². The molecule has 0 spiro atoms. The van der Waals surface area contributed by atoms with Crippen LogP contribution in [-0.4, -0.2) is 8.76 Å². The van der Waals surface area contributed by atoms with Crippen LogP contribution in [0.1, 0.15) is 0 Å². The predicted molar refractivity (Wildman–Crippen MR) is 53.7 cm³/mol. The van der Waals surface area contributed by atoms with Crippen molar-refractivity contribution in [2.75, 3.05) is 0 Å². The van der Waals surface area contributed by atoms with E-state index in [1.54, 1.807) is 12.1 Å². The predicted octanol–water partition coefficient (Wildman–Crippen LogP) is 2.27. The molecule has 0 saturated heterocycles. The third-order valence-electron chi connectivity index (χ3n) is 1.23. The molecule has 0 aliphatic carbocycles. The summed E-state index contributed by atoms with van der Waals surface area (Å²) >= 11 is -0.269. The van der Waals surface area contributed by atoms with Gasteiger partial charge in [-0.05, 0) is 39.9 Å². The number of benzene rings is 1. The molecule has 1 atom stereocenters. The van der Waals surface area contributed by atoms with E-state index in [0.29, 0.717) is 3.57 Å². The first-order valence-electron chi connectivity index (χ1n) is 2.89. The zero-order valence-electron chi connectivity index (χ0n) is 5.73. The van der Waals surface area contributed by atoms with E-state index in [4.69, 9.17) is 4.55 Å². The van der Waals surface area contributed by atoms with Gasteiger partial charge in [-0.15, -0.1) is 4.91 Å². The quantitative estimate of drug-likeness (QED) is 0.517. The van der Waals surface area contributed by atoms with Gasteiger partial charge in [0, 0.05) is 3.57 Å². The van der Waals surface area contributed by atoms with Crippen molar-refractivity contribution >= 4 is 39.4 Å². The monoisotopic (exact) mass is 297 g/mol. The summed E-state index contributed by atoms with van der Waals surface area (Å²) in [6.45, 7) is 0. The van der Waals surface area contributed by atoms with E-state index in [0.717, 1.165) is 0 Å². The molecule has 1 rings (SSSR count). The second-order valence-electron chi connectivity index (χ2n) is 1.93. The van der Waals surface area contributed by atoms with Crippen molar-refractivity contribution in [2.45, 2.75) is 4.90 Å². The van der Waals surface area contributed by atoms with Crippen molar-refractivity contribution in [1.82, 2.24) is 0 Å². The Bertz CT molecular complexity index is 342. The van der Waals surface area contributed by atoms with Crippen molar-refractivity contribution in [3.05, 3.63) is 26.7 Å². The molecule has 1 N–H and O–H groups in total. The summed E-state index contributed by atoms with van der Waals surface area (Å²) in [5.74, 6) is 0. The smallest absolute Gasteiger partial charge is 0.188 e. The average molecular weight is 297 g/mol. The minimum atomic E-state index is -2.15. The molecule has 0 heterocycles. The lowest BCUT2D eigenvalue weighted by molar-refractivity contribution is 0.564. The van der Waals surface area contributed by atoms with Crippen molar-refractivity contribution in [3.63, 3.8) is 0 Å². The fourth-order valence-corrected chi connectivity index (χ4v) is 2.01. The standard InChI is InChI=1S/C6H4INO3S/c7-4-2-1-3-5(12(10)11)6(4)8-9/h1-3H,(H,10,11). The second-order valence-corrected chi connectivity index (χ2v) is 4.03. The molecular formula is C6H4INO3S. The van der Waals surface area contributed by atoms with Crippen LogP contribution in [-0.2, 0) is 11.1 Å². The van der Waals surface area contributed by atoms with Gasteiger partial charge in [0.2, 0.25) is 0 Å². The number of hydrogen-bond acceptors (Lipinski definition) is 3. The Morgan fingerprint density at radius 2 is 2.17 bits per heavy atom. The Kier molecular flexibility index (Phi) is 3.29. The molecule has 4 nitrogen and oxygen atoms in total. The first-order valence-corrected chi connectivity index (χ1v) is 5.08. The molecule has 12 heavy (non-hydrogen) atoms. The second kappa shape index (κ2) is 4.06. The molecule has 0 aliphatic heterocycles. The number of halogens is 1. The fraction of sp³-hybridized carbons (Fsp3) is 0. The van der Waals surface area contributed by atoms with Gasteiger partial charge in [-0.1, -0.05) is 6.07 Å². The molecule has 0 aromatic heterocycles. The summed E-state index contributed by atoms with van der Waals surface area (Å²) in [4.78, 5) is 10.3. The molecule has 0 aliphatic rings. The highest BCUT2D eigenvalue weighted by molar-refractivity contribution is 14.1. The van der Waals surface area contributed by atoms with Crippen LogP contribution in [0.3, 0.4) is 0 Å². The number of nitrogens with zero attached hydrogens (tertiary/aromatic N) is 1. The molecule has 0 fully saturated rings. The maximum Gasteiger partial charge on any atom is 0.188 e. The summed E-state index contributed by atoms with van der Waals surface area (Å²) in [6.07, 6.45) is 0. The summed E-state index contributed by atoms with van der Waals surface area (Å²) < 4.78 is 19.9. The van der Waals surface area contributed by atoms with Gasteiger partial charge < -0.3 is 4.55 Å². The van der Waals surface area contributed by atoms with Crippen LogP contribution in [0.4, 0.5) is 5.69 Å². The molecule has 6 heteroatoms. The van der Waals surface area contributed by atoms with Gasteiger partial charge in [0.25, 0.3) is 0 Å². The first-order chi connectivity index (χ1) is 5.66. The van der Waals surface area contributed by atoms with Crippen LogP contribution in [0, 0.1) is 8.48 Å². The summed E-state index contributed by atoms with van der Waals surface area (Å²) in [6, 6.07) is 4.64. The van der Waals surface area contributed by atoms with Crippen molar-refractivity contribution < 1.29 is 8.76 Å². The van der Waals surface area contributed by atoms with Gasteiger partial charge in [-0.25, -0.2) is 4.21 Å². The normalized spacial score (nSPS) is 12.5. The van der Waals surface area contributed by atoms with E-state index in [9.17, 15) is 9.12 Å². The zero-order chi connectivity index (χ0) is 9.14. The maximum absolute atomic E-state index is 10.6. The van der Waals surface area contributed by atoms with E-state index in [-0.39, 0.29) is 10.6 Å². The maximum atomic E-state index is 10.6. The molecular weight excluding hydrogens is 293 g/mol. The topological polar surface area (TPSA) is 66.7 Å². The number of rotatable bonds is 2. The first kappa shape index (κ1) is 9.75. The lowest BCUT2D eigenvalue weighted by atomic mass is 10.3. The van der Waals surface area contributed by atoms with Crippen LogP contribution < -0.4 is 0 Å². The Balaban J connectivity index is 3.37. The number of hydrogen-bond donors (Lipinski definition) is 1. The molecule has 1 aromatic rings. The van der Waals surface area contributed by atoms with E-state index >= 15 is 0 Å². The van der Waals surface area contributed by atoms with Gasteiger partial charge in [-0.3, -0.25) is 0 Å². The Morgan fingerprint density at radius 3 is 2.58 bits per heavy atom. The molecule has 1 aromatic carbocycles. The lowest BCUT2D eigenvalue weighted by Gasteiger charge is -1.98. The van der Waals surface area contributed by atoms with Crippen LogP contribution in [0.15, 0.2) is 28.3 Å². The minimum Gasteiger partial charge on any atom is -0.302 e. The summed E-state index contributed by atoms with van der Waals surface area (Å²) in [5, 5.41) is 2.68. The highest BCUT2D eigenvalue weighted by atomic mass is 127. The van der Waals surface area contributed by atoms with E-state index in [1.165, 1.54) is 6.07 Å². The Morgan fingerprint density at radius 1 is 1.50 bits per heavy atom. The van der Waals surface area contributed by atoms with E-state index in [2.05, 4.69) is 5.18 Å². The third kappa shape index (κ3) is 1.87. The van der Waals surface area contributed by atoms with E-state index < -0.39 is 11.1 Å². The fourth-order valence-electron chi connectivity index (χ4n) is 0.725. The molecule has 0 saturated carbocycles. The zero-order valence-corrected chi connectivity index (χ0v) is 8.70. The Labute approximate surface area is 84.8 Å². The average Bonchev–Trinajstić information content (AvgIpc) is 2.03. The van der Waals surface area contributed by atoms with Gasteiger partial charge in [-0.2, -0.15) is 0 Å². The van der Waals surface area contributed by atoms with Crippen molar-refractivity contribution in [3.8, 4) is 0 Å². The van der Waals surface area contributed by atoms with Gasteiger partial charge in [0.1, 0.15) is 5.69 Å². The third-order valence-corrected chi connectivity index (χ3v) is 2.81. The van der Waals surface area contributed by atoms with Crippen LogP contribution in [0.2, 0.25) is 0 Å². The minimum absolute atomic E-state index is 0.0407. The molecule has 0 amide bonds. The highest BCUT2D eigenvalue weighted by Gasteiger charge is 2.10. The van der Waals surface area contributed by atoms with Gasteiger partial charge >= 0.3 is 0 Å². The lowest BCUT2D eigenvalue weighted by Crippen LogP contribution is -1.89. The molecule has 0 radical (unpaired) electrons. The number of nitroso groups, excluding NO2 is 1. The van der Waals surface area contributed by atoms with Crippen molar-refractivity contribution in [1.29, 1.82) is 0 Å². The van der Waals surface area contributed by atoms with E-state index in [1.807, 2.05) is 22.6 Å².